The van der Waals surface area contributed by atoms with Gasteiger partial charge >= 0.3 is 0 Å². The molecule has 0 amide bonds. The van der Waals surface area contributed by atoms with E-state index >= 15 is 0 Å². The molecule has 1 aromatic rings. The van der Waals surface area contributed by atoms with Crippen LogP contribution in [-0.2, 0) is 0 Å². The Bertz CT molecular complexity index is 410. The Morgan fingerprint density at radius 3 is 1.94 bits per heavy atom. The smallest absolute Gasteiger partial charge is 0.208 e. The molecule has 0 saturated heterocycles. The predicted octanol–water partition coefficient (Wildman–Crippen LogP) is 3.89. The van der Waals surface area contributed by atoms with Gasteiger partial charge in [0.05, 0.1) is 5.70 Å². The highest BCUT2D eigenvalue weighted by molar-refractivity contribution is 6.08. The van der Waals surface area contributed by atoms with Crippen LogP contribution in [-0.4, -0.2) is 22.8 Å². The highest BCUT2D eigenvalue weighted by Crippen LogP contribution is 2.18. The summed E-state index contributed by atoms with van der Waals surface area (Å²) in [5.74, 6) is 0.0977. The third kappa shape index (κ3) is 3.22. The van der Waals surface area contributed by atoms with Crippen LogP contribution < -0.4 is 0 Å². The fourth-order valence-corrected chi connectivity index (χ4v) is 2.29. The molecule has 0 N–H and O–H groups in total. The molecule has 18 heavy (non-hydrogen) atoms. The normalized spacial score (nSPS) is 12.1. The summed E-state index contributed by atoms with van der Waals surface area (Å²) in [6, 6.07) is 10.1. The van der Waals surface area contributed by atoms with Gasteiger partial charge in [-0.25, -0.2) is 0 Å². The number of allylic oxidation sites excluding steroid dienone is 2. The summed E-state index contributed by atoms with van der Waals surface area (Å²) in [4.78, 5) is 14.7. The first-order valence-corrected chi connectivity index (χ1v) is 6.53. The summed E-state index contributed by atoms with van der Waals surface area (Å²) in [5, 5.41) is 0. The second kappa shape index (κ2) is 6.39. The minimum absolute atomic E-state index is 0.0977. The zero-order valence-corrected chi connectivity index (χ0v) is 12.0. The van der Waals surface area contributed by atoms with Gasteiger partial charge < -0.3 is 4.90 Å². The second-order valence-corrected chi connectivity index (χ2v) is 4.96. The number of hydrogen-bond donors (Lipinski definition) is 0. The van der Waals surface area contributed by atoms with Crippen LogP contribution in [0.5, 0.6) is 0 Å². The molecule has 0 bridgehead atoms. The topological polar surface area (TPSA) is 20.3 Å². The Morgan fingerprint density at radius 2 is 1.56 bits per heavy atom. The molecule has 0 aliphatic heterocycles. The average molecular weight is 245 g/mol. The van der Waals surface area contributed by atoms with Crippen LogP contribution in [0, 0.1) is 0 Å². The van der Waals surface area contributed by atoms with Gasteiger partial charge in [0.2, 0.25) is 5.78 Å². The van der Waals surface area contributed by atoms with Gasteiger partial charge in [-0.3, -0.25) is 4.79 Å². The highest BCUT2D eigenvalue weighted by atomic mass is 16.1. The van der Waals surface area contributed by atoms with Crippen molar-refractivity contribution in [2.45, 2.75) is 46.7 Å². The molecule has 0 fully saturated rings. The van der Waals surface area contributed by atoms with Crippen LogP contribution in [0.25, 0.3) is 0 Å². The molecule has 2 nitrogen and oxygen atoms in total. The van der Waals surface area contributed by atoms with Crippen LogP contribution in [0.1, 0.15) is 45.0 Å². The first kappa shape index (κ1) is 14.5. The van der Waals surface area contributed by atoms with Crippen LogP contribution in [0.15, 0.2) is 42.1 Å². The largest absolute Gasteiger partial charge is 0.364 e. The number of hydrogen-bond acceptors (Lipinski definition) is 2. The molecule has 0 aliphatic rings. The van der Waals surface area contributed by atoms with Gasteiger partial charge in [-0.2, -0.15) is 0 Å². The Morgan fingerprint density at radius 1 is 1.06 bits per heavy atom. The van der Waals surface area contributed by atoms with Crippen molar-refractivity contribution in [1.82, 2.24) is 4.90 Å². The monoisotopic (exact) mass is 245 g/mol. The maximum Gasteiger partial charge on any atom is 0.208 e. The number of ketones is 1. The van der Waals surface area contributed by atoms with Crippen molar-refractivity contribution in [2.75, 3.05) is 0 Å². The number of Topliss-reactive ketones (excluding diaryl/α,β-unsaturated/α-hetero) is 1. The first-order valence-electron chi connectivity index (χ1n) is 6.53. The zero-order valence-electron chi connectivity index (χ0n) is 12.0. The lowest BCUT2D eigenvalue weighted by Crippen LogP contribution is -2.39. The average Bonchev–Trinajstić information content (AvgIpc) is 2.35. The first-order chi connectivity index (χ1) is 8.49. The lowest BCUT2D eigenvalue weighted by atomic mass is 10.0. The van der Waals surface area contributed by atoms with E-state index in [0.29, 0.717) is 12.1 Å². The summed E-state index contributed by atoms with van der Waals surface area (Å²) >= 11 is 0. The van der Waals surface area contributed by atoms with Crippen molar-refractivity contribution in [3.05, 3.63) is 47.7 Å². The summed E-state index contributed by atoms with van der Waals surface area (Å²) in [6.07, 6.45) is 1.91. The van der Waals surface area contributed by atoms with E-state index in [1.165, 1.54) is 0 Å². The fraction of sp³-hybridized carbons (Fsp3) is 0.438. The van der Waals surface area contributed by atoms with E-state index in [1.807, 2.05) is 43.3 Å². The SMILES string of the molecule is C/C=C(\C(=O)c1ccccc1)N(C(C)C)C(C)C. The molecule has 1 aromatic carbocycles. The van der Waals surface area contributed by atoms with Crippen molar-refractivity contribution < 1.29 is 4.79 Å². The van der Waals surface area contributed by atoms with E-state index in [2.05, 4.69) is 32.6 Å². The summed E-state index contributed by atoms with van der Waals surface area (Å²) < 4.78 is 0. The van der Waals surface area contributed by atoms with Gasteiger partial charge in [0.25, 0.3) is 0 Å². The molecule has 98 valence electrons. The second-order valence-electron chi connectivity index (χ2n) is 4.96. The molecule has 0 aliphatic carbocycles. The molecule has 0 atom stereocenters. The molecule has 0 radical (unpaired) electrons. The van der Waals surface area contributed by atoms with E-state index in [9.17, 15) is 4.79 Å². The lowest BCUT2D eigenvalue weighted by Gasteiger charge is -2.34. The van der Waals surface area contributed by atoms with Gasteiger partial charge in [0.1, 0.15) is 0 Å². The Balaban J connectivity index is 3.08. The molecular weight excluding hydrogens is 222 g/mol. The summed E-state index contributed by atoms with van der Waals surface area (Å²) in [6.45, 7) is 10.4. The summed E-state index contributed by atoms with van der Waals surface area (Å²) in [7, 11) is 0. The van der Waals surface area contributed by atoms with Crippen molar-refractivity contribution in [3.63, 3.8) is 0 Å². The van der Waals surface area contributed by atoms with Crippen LogP contribution in [0.3, 0.4) is 0 Å². The van der Waals surface area contributed by atoms with E-state index in [0.717, 1.165) is 11.3 Å². The number of rotatable bonds is 5. The number of carbonyl (C=O) groups is 1. The van der Waals surface area contributed by atoms with E-state index in [4.69, 9.17) is 0 Å². The Kier molecular flexibility index (Phi) is 5.14. The van der Waals surface area contributed by atoms with Crippen LogP contribution in [0.2, 0.25) is 0 Å². The van der Waals surface area contributed by atoms with Gasteiger partial charge in [0, 0.05) is 17.6 Å². The maximum atomic E-state index is 12.5. The molecule has 0 aromatic heterocycles. The molecule has 0 heterocycles. The van der Waals surface area contributed by atoms with Crippen molar-refractivity contribution in [1.29, 1.82) is 0 Å². The van der Waals surface area contributed by atoms with Crippen molar-refractivity contribution >= 4 is 5.78 Å². The number of nitrogens with zero attached hydrogens (tertiary/aromatic N) is 1. The molecule has 0 unspecified atom stereocenters. The maximum absolute atomic E-state index is 12.5. The molecule has 0 saturated carbocycles. The Labute approximate surface area is 110 Å². The highest BCUT2D eigenvalue weighted by Gasteiger charge is 2.22. The quantitative estimate of drug-likeness (QED) is 0.579. The lowest BCUT2D eigenvalue weighted by molar-refractivity contribution is 0.0959. The van der Waals surface area contributed by atoms with Gasteiger partial charge in [-0.15, -0.1) is 0 Å². The van der Waals surface area contributed by atoms with Crippen molar-refractivity contribution in [3.8, 4) is 0 Å². The van der Waals surface area contributed by atoms with Gasteiger partial charge in [-0.1, -0.05) is 36.4 Å². The third-order valence-electron chi connectivity index (χ3n) is 2.93. The fourth-order valence-electron chi connectivity index (χ4n) is 2.29. The van der Waals surface area contributed by atoms with Gasteiger partial charge in [-0.05, 0) is 34.6 Å². The van der Waals surface area contributed by atoms with E-state index in [-0.39, 0.29) is 5.78 Å². The Hall–Kier alpha value is -1.57. The molecule has 2 heteroatoms. The minimum atomic E-state index is 0.0977. The van der Waals surface area contributed by atoms with E-state index in [1.54, 1.807) is 0 Å². The van der Waals surface area contributed by atoms with Crippen LogP contribution in [0.4, 0.5) is 0 Å². The predicted molar refractivity (Wildman–Crippen MR) is 76.6 cm³/mol. The van der Waals surface area contributed by atoms with E-state index < -0.39 is 0 Å². The molecule has 1 rings (SSSR count). The molecular formula is C16H23NO. The van der Waals surface area contributed by atoms with Crippen molar-refractivity contribution in [2.24, 2.45) is 0 Å². The number of benzene rings is 1. The molecule has 0 spiro atoms. The third-order valence-corrected chi connectivity index (χ3v) is 2.93. The van der Waals surface area contributed by atoms with Gasteiger partial charge in [0.15, 0.2) is 0 Å². The minimum Gasteiger partial charge on any atom is -0.364 e. The van der Waals surface area contributed by atoms with Crippen LogP contribution >= 0.6 is 0 Å². The number of carbonyl (C=O) groups excluding carboxylic acids is 1. The summed E-state index contributed by atoms with van der Waals surface area (Å²) in [5.41, 5.74) is 1.53. The zero-order chi connectivity index (χ0) is 13.7. The standard InChI is InChI=1S/C16H23NO/c1-6-15(17(12(2)3)13(4)5)16(18)14-10-8-7-9-11-14/h6-13H,1-5H3/b15-6+.